The van der Waals surface area contributed by atoms with Gasteiger partial charge in [-0.2, -0.15) is 0 Å². The van der Waals surface area contributed by atoms with E-state index in [1.807, 2.05) is 12.1 Å². The van der Waals surface area contributed by atoms with Gasteiger partial charge in [-0.3, -0.25) is 0 Å². The van der Waals surface area contributed by atoms with Gasteiger partial charge in [0.15, 0.2) is 0 Å². The van der Waals surface area contributed by atoms with Gasteiger partial charge in [0, 0.05) is 28.0 Å². The van der Waals surface area contributed by atoms with Crippen molar-refractivity contribution >= 4 is 28.0 Å². The predicted molar refractivity (Wildman–Crippen MR) is 269 cm³/mol. The van der Waals surface area contributed by atoms with E-state index in [2.05, 4.69) is 254 Å². The highest BCUT2D eigenvalue weighted by Gasteiger charge is 2.18. The molecule has 1 heterocycles. The number of fused-ring (bicyclic) bond motifs is 1. The van der Waals surface area contributed by atoms with E-state index in [1.165, 1.54) is 38.9 Å². The zero-order chi connectivity index (χ0) is 42.7. The van der Waals surface area contributed by atoms with Crippen molar-refractivity contribution in [3.05, 3.63) is 261 Å². The molecular weight excluding hydrogens is 775 g/mol. The van der Waals surface area contributed by atoms with Crippen LogP contribution in [0.2, 0.25) is 0 Å². The van der Waals surface area contributed by atoms with E-state index >= 15 is 0 Å². The van der Waals surface area contributed by atoms with Crippen molar-refractivity contribution in [3.63, 3.8) is 0 Å². The molecular formula is C62H43NO. The molecule has 0 spiro atoms. The molecule has 0 fully saturated rings. The molecule has 0 radical (unpaired) electrons. The van der Waals surface area contributed by atoms with Gasteiger partial charge in [0.05, 0.1) is 0 Å². The van der Waals surface area contributed by atoms with Gasteiger partial charge in [-0.15, -0.1) is 0 Å². The highest BCUT2D eigenvalue weighted by molar-refractivity contribution is 5.90. The average molecular weight is 818 g/mol. The molecule has 0 aliphatic rings. The van der Waals surface area contributed by atoms with E-state index in [0.29, 0.717) is 0 Å². The summed E-state index contributed by atoms with van der Waals surface area (Å²) in [7, 11) is 0. The molecule has 0 bridgehead atoms. The first-order valence-electron chi connectivity index (χ1n) is 21.8. The molecule has 302 valence electrons. The summed E-state index contributed by atoms with van der Waals surface area (Å²) < 4.78 is 6.38. The Morgan fingerprint density at radius 1 is 0.234 bits per heavy atom. The van der Waals surface area contributed by atoms with Gasteiger partial charge in [0.25, 0.3) is 0 Å². The second-order valence-corrected chi connectivity index (χ2v) is 16.2. The summed E-state index contributed by atoms with van der Waals surface area (Å²) in [5.41, 5.74) is 19.1. The van der Waals surface area contributed by atoms with Crippen LogP contribution in [0, 0.1) is 0 Å². The molecule has 2 heteroatoms. The summed E-state index contributed by atoms with van der Waals surface area (Å²) in [5.74, 6) is 0.860. The molecule has 64 heavy (non-hydrogen) atoms. The lowest BCUT2D eigenvalue weighted by Gasteiger charge is -2.27. The Kier molecular flexibility index (Phi) is 10.3. The third-order valence-electron chi connectivity index (χ3n) is 12.1. The van der Waals surface area contributed by atoms with Gasteiger partial charge >= 0.3 is 0 Å². The lowest BCUT2D eigenvalue weighted by atomic mass is 9.93. The molecule has 0 saturated carbocycles. The van der Waals surface area contributed by atoms with E-state index in [0.717, 1.165) is 67.2 Å². The molecule has 11 rings (SSSR count). The second kappa shape index (κ2) is 17.1. The maximum atomic E-state index is 6.38. The van der Waals surface area contributed by atoms with Crippen molar-refractivity contribution in [2.24, 2.45) is 0 Å². The van der Waals surface area contributed by atoms with Crippen LogP contribution in [-0.2, 0) is 0 Å². The van der Waals surface area contributed by atoms with Crippen LogP contribution in [0.1, 0.15) is 0 Å². The standard InChI is InChI=1S/C62H43NO/c1-5-17-44(18-6-1)51-37-52(45-19-7-2-8-20-45)39-53(38-51)48-29-33-56(34-30-48)63(58-41-54(46-21-9-3-10-22-46)40-55(42-58)47-23-11-4-12-24-47)57-35-31-49(32-36-57)59-26-14-15-27-60(59)62-43-50-25-13-16-28-61(50)64-62/h1-43H. The van der Waals surface area contributed by atoms with Gasteiger partial charge in [0.2, 0.25) is 0 Å². The molecule has 10 aromatic carbocycles. The third kappa shape index (κ3) is 7.81. The fraction of sp³-hybridized carbons (Fsp3) is 0. The highest BCUT2D eigenvalue weighted by Crippen LogP contribution is 2.43. The van der Waals surface area contributed by atoms with E-state index in [4.69, 9.17) is 4.42 Å². The zero-order valence-corrected chi connectivity index (χ0v) is 35.2. The number of hydrogen-bond donors (Lipinski definition) is 0. The monoisotopic (exact) mass is 817 g/mol. The van der Waals surface area contributed by atoms with Crippen LogP contribution in [0.25, 0.3) is 89.1 Å². The molecule has 0 N–H and O–H groups in total. The Hall–Kier alpha value is -8.46. The Balaban J connectivity index is 1.04. The largest absolute Gasteiger partial charge is 0.456 e. The summed E-state index contributed by atoms with van der Waals surface area (Å²) in [6.45, 7) is 0. The van der Waals surface area contributed by atoms with Crippen LogP contribution in [-0.4, -0.2) is 0 Å². The van der Waals surface area contributed by atoms with Crippen LogP contribution in [0.5, 0.6) is 0 Å². The third-order valence-corrected chi connectivity index (χ3v) is 12.1. The zero-order valence-electron chi connectivity index (χ0n) is 35.2. The molecule has 0 aliphatic heterocycles. The minimum absolute atomic E-state index is 0.860. The normalized spacial score (nSPS) is 11.1. The van der Waals surface area contributed by atoms with Crippen LogP contribution in [0.4, 0.5) is 17.1 Å². The first kappa shape index (κ1) is 38.5. The van der Waals surface area contributed by atoms with Crippen molar-refractivity contribution in [1.29, 1.82) is 0 Å². The number of benzene rings is 10. The maximum absolute atomic E-state index is 6.38. The summed E-state index contributed by atoms with van der Waals surface area (Å²) in [4.78, 5) is 2.38. The Bertz CT molecular complexity index is 3190. The summed E-state index contributed by atoms with van der Waals surface area (Å²) in [6.07, 6.45) is 0. The molecule has 0 aliphatic carbocycles. The smallest absolute Gasteiger partial charge is 0.136 e. The minimum Gasteiger partial charge on any atom is -0.456 e. The van der Waals surface area contributed by atoms with E-state index in [-0.39, 0.29) is 0 Å². The van der Waals surface area contributed by atoms with Crippen molar-refractivity contribution in [1.82, 2.24) is 0 Å². The fourth-order valence-electron chi connectivity index (χ4n) is 8.83. The first-order chi connectivity index (χ1) is 31.7. The van der Waals surface area contributed by atoms with E-state index in [9.17, 15) is 0 Å². The minimum atomic E-state index is 0.860. The Morgan fingerprint density at radius 2 is 0.594 bits per heavy atom. The number of nitrogens with zero attached hydrogens (tertiary/aromatic N) is 1. The molecule has 2 nitrogen and oxygen atoms in total. The summed E-state index contributed by atoms with van der Waals surface area (Å²) in [6, 6.07) is 93.3. The number of para-hydroxylation sites is 1. The maximum Gasteiger partial charge on any atom is 0.136 e. The number of furan rings is 1. The van der Waals surface area contributed by atoms with E-state index in [1.54, 1.807) is 0 Å². The molecule has 1 aromatic heterocycles. The number of anilines is 3. The topological polar surface area (TPSA) is 16.4 Å². The van der Waals surface area contributed by atoms with E-state index < -0.39 is 0 Å². The van der Waals surface area contributed by atoms with Gasteiger partial charge in [-0.1, -0.05) is 188 Å². The Labute approximate surface area is 374 Å². The lowest BCUT2D eigenvalue weighted by molar-refractivity contribution is 0.632. The van der Waals surface area contributed by atoms with Gasteiger partial charge in [0.1, 0.15) is 11.3 Å². The van der Waals surface area contributed by atoms with Crippen molar-refractivity contribution in [2.75, 3.05) is 4.90 Å². The quantitative estimate of drug-likeness (QED) is 0.137. The van der Waals surface area contributed by atoms with Gasteiger partial charge < -0.3 is 9.32 Å². The van der Waals surface area contributed by atoms with Crippen LogP contribution in [0.15, 0.2) is 265 Å². The molecule has 0 amide bonds. The second-order valence-electron chi connectivity index (χ2n) is 16.2. The molecule has 0 saturated heterocycles. The van der Waals surface area contributed by atoms with Crippen LogP contribution >= 0.6 is 0 Å². The average Bonchev–Trinajstić information content (AvgIpc) is 3.82. The molecule has 11 aromatic rings. The number of rotatable bonds is 10. The van der Waals surface area contributed by atoms with Crippen molar-refractivity contribution in [2.45, 2.75) is 0 Å². The Morgan fingerprint density at radius 3 is 1.05 bits per heavy atom. The molecule has 0 atom stereocenters. The van der Waals surface area contributed by atoms with Gasteiger partial charge in [-0.25, -0.2) is 0 Å². The first-order valence-corrected chi connectivity index (χ1v) is 21.8. The number of hydrogen-bond acceptors (Lipinski definition) is 2. The molecule has 0 unspecified atom stereocenters. The van der Waals surface area contributed by atoms with Crippen molar-refractivity contribution < 1.29 is 4.42 Å². The summed E-state index contributed by atoms with van der Waals surface area (Å²) >= 11 is 0. The fourth-order valence-corrected chi connectivity index (χ4v) is 8.83. The van der Waals surface area contributed by atoms with Crippen LogP contribution < -0.4 is 4.90 Å². The lowest BCUT2D eigenvalue weighted by Crippen LogP contribution is -2.10. The predicted octanol–water partition coefficient (Wildman–Crippen LogP) is 17.6. The van der Waals surface area contributed by atoms with Crippen LogP contribution in [0.3, 0.4) is 0 Å². The SMILES string of the molecule is c1ccc(-c2cc(-c3ccccc3)cc(-c3ccc(N(c4ccc(-c5ccccc5-c5cc6ccccc6o5)cc4)c4cc(-c5ccccc5)cc(-c5ccccc5)c4)cc3)c2)cc1. The van der Waals surface area contributed by atoms with Crippen molar-refractivity contribution in [3.8, 4) is 78.1 Å². The highest BCUT2D eigenvalue weighted by atomic mass is 16.3. The summed E-state index contributed by atoms with van der Waals surface area (Å²) in [5, 5.41) is 1.09. The van der Waals surface area contributed by atoms with Gasteiger partial charge in [-0.05, 0) is 140 Å².